The van der Waals surface area contributed by atoms with Gasteiger partial charge in [0.05, 0.1) is 5.37 Å². The normalized spacial score (nSPS) is 40.9. The van der Waals surface area contributed by atoms with Crippen LogP contribution in [0.15, 0.2) is 0 Å². The largest absolute Gasteiger partial charge is 0.286 e. The van der Waals surface area contributed by atoms with Crippen molar-refractivity contribution in [1.82, 2.24) is 4.90 Å². The molecule has 0 aromatic heterocycles. The molecule has 0 spiro atoms. The van der Waals surface area contributed by atoms with Gasteiger partial charge in [0.1, 0.15) is 0 Å². The van der Waals surface area contributed by atoms with E-state index >= 15 is 0 Å². The summed E-state index contributed by atoms with van der Waals surface area (Å²) in [6.45, 7) is 2.21. The lowest BCUT2D eigenvalue weighted by Gasteiger charge is -2.37. The minimum atomic E-state index is 0.479. The Morgan fingerprint density at radius 1 is 1.18 bits per heavy atom. The van der Waals surface area contributed by atoms with Crippen molar-refractivity contribution in [2.24, 2.45) is 0 Å². The van der Waals surface area contributed by atoms with Crippen molar-refractivity contribution in [1.29, 1.82) is 0 Å². The van der Waals surface area contributed by atoms with E-state index in [1.54, 1.807) is 0 Å². The fraction of sp³-hybridized carbons (Fsp3) is 1.00. The van der Waals surface area contributed by atoms with E-state index in [9.17, 15) is 0 Å². The van der Waals surface area contributed by atoms with Crippen molar-refractivity contribution < 1.29 is 0 Å². The van der Waals surface area contributed by atoms with E-state index in [-0.39, 0.29) is 0 Å². The van der Waals surface area contributed by atoms with E-state index in [1.807, 2.05) is 0 Å². The van der Waals surface area contributed by atoms with Crippen LogP contribution >= 0.6 is 12.6 Å². The molecule has 3 unspecified atom stereocenters. The molecule has 64 valence electrons. The van der Waals surface area contributed by atoms with Crippen LogP contribution in [0.1, 0.15) is 39.0 Å². The highest BCUT2D eigenvalue weighted by molar-refractivity contribution is 7.80. The molecule has 0 N–H and O–H groups in total. The number of rotatable bonds is 1. The van der Waals surface area contributed by atoms with Gasteiger partial charge < -0.3 is 0 Å². The fourth-order valence-electron chi connectivity index (χ4n) is 2.77. The highest BCUT2D eigenvalue weighted by atomic mass is 32.1. The molecule has 2 heterocycles. The lowest BCUT2D eigenvalue weighted by Crippen LogP contribution is -2.43. The Morgan fingerprint density at radius 3 is 2.09 bits per heavy atom. The summed E-state index contributed by atoms with van der Waals surface area (Å²) in [7, 11) is 0. The van der Waals surface area contributed by atoms with Crippen molar-refractivity contribution in [3.8, 4) is 0 Å². The first-order valence-corrected chi connectivity index (χ1v) is 5.26. The van der Waals surface area contributed by atoms with Gasteiger partial charge in [-0.3, -0.25) is 4.90 Å². The Labute approximate surface area is 74.6 Å². The molecule has 0 saturated carbocycles. The Balaban J connectivity index is 2.09. The molecule has 0 amide bonds. The molecule has 3 atom stereocenters. The maximum atomic E-state index is 4.53. The predicted octanol–water partition coefficient (Wildman–Crippen LogP) is 2.28. The van der Waals surface area contributed by atoms with Gasteiger partial charge in [-0.25, -0.2) is 0 Å². The molecule has 2 heteroatoms. The maximum absolute atomic E-state index is 4.53. The Kier molecular flexibility index (Phi) is 2.15. The van der Waals surface area contributed by atoms with Gasteiger partial charge in [0.2, 0.25) is 0 Å². The summed E-state index contributed by atoms with van der Waals surface area (Å²) in [6, 6.07) is 1.75. The smallest absolute Gasteiger partial charge is 0.0504 e. The van der Waals surface area contributed by atoms with Gasteiger partial charge >= 0.3 is 0 Å². The molecular weight excluding hydrogens is 154 g/mol. The number of piperidine rings is 1. The van der Waals surface area contributed by atoms with Crippen molar-refractivity contribution >= 4 is 12.6 Å². The fourth-order valence-corrected chi connectivity index (χ4v) is 3.14. The zero-order valence-corrected chi connectivity index (χ0v) is 8.06. The molecule has 1 nitrogen and oxygen atoms in total. The highest BCUT2D eigenvalue weighted by Gasteiger charge is 2.37. The number of thiol groups is 1. The van der Waals surface area contributed by atoms with Crippen molar-refractivity contribution in [2.75, 3.05) is 0 Å². The molecule has 0 aromatic rings. The Morgan fingerprint density at radius 2 is 1.73 bits per heavy atom. The topological polar surface area (TPSA) is 3.24 Å². The zero-order valence-electron chi connectivity index (χ0n) is 7.16. The monoisotopic (exact) mass is 171 g/mol. The van der Waals surface area contributed by atoms with Gasteiger partial charge in [0.25, 0.3) is 0 Å². The van der Waals surface area contributed by atoms with Gasteiger partial charge in [0, 0.05) is 12.1 Å². The first-order chi connectivity index (χ1) is 5.29. The van der Waals surface area contributed by atoms with Crippen LogP contribution in [-0.4, -0.2) is 22.4 Å². The number of nitrogens with zero attached hydrogens (tertiary/aromatic N) is 1. The third kappa shape index (κ3) is 1.31. The number of fused-ring (bicyclic) bond motifs is 2. The molecule has 11 heavy (non-hydrogen) atoms. The van der Waals surface area contributed by atoms with E-state index in [0.29, 0.717) is 5.37 Å². The molecule has 2 rings (SSSR count). The SMILES string of the molecule is CC(S)N1C2CCCC1CC2. The standard InChI is InChI=1S/C9H17NS/c1-7(11)10-8-3-2-4-9(10)6-5-8/h7-9,11H,2-6H2,1H3. The van der Waals surface area contributed by atoms with Crippen LogP contribution in [0.2, 0.25) is 0 Å². The lowest BCUT2D eigenvalue weighted by atomic mass is 10.0. The van der Waals surface area contributed by atoms with Crippen molar-refractivity contribution in [3.63, 3.8) is 0 Å². The van der Waals surface area contributed by atoms with E-state index in [2.05, 4.69) is 24.5 Å². The highest BCUT2D eigenvalue weighted by Crippen LogP contribution is 2.37. The van der Waals surface area contributed by atoms with Crippen molar-refractivity contribution in [3.05, 3.63) is 0 Å². The third-order valence-electron chi connectivity index (χ3n) is 3.18. The second-order valence-corrected chi connectivity index (χ2v) is 4.64. The van der Waals surface area contributed by atoms with Gasteiger partial charge in [-0.1, -0.05) is 6.42 Å². The lowest BCUT2D eigenvalue weighted by molar-refractivity contribution is 0.135. The van der Waals surface area contributed by atoms with Crippen LogP contribution in [-0.2, 0) is 0 Å². The number of hydrogen-bond acceptors (Lipinski definition) is 2. The predicted molar refractivity (Wildman–Crippen MR) is 50.9 cm³/mol. The van der Waals surface area contributed by atoms with Gasteiger partial charge in [-0.05, 0) is 32.6 Å². The van der Waals surface area contributed by atoms with Crippen LogP contribution < -0.4 is 0 Å². The molecule has 2 fully saturated rings. The number of hydrogen-bond donors (Lipinski definition) is 1. The molecular formula is C9H17NS. The van der Waals surface area contributed by atoms with E-state index in [4.69, 9.17) is 0 Å². The summed E-state index contributed by atoms with van der Waals surface area (Å²) in [5.74, 6) is 0. The minimum Gasteiger partial charge on any atom is -0.286 e. The second kappa shape index (κ2) is 2.98. The average Bonchev–Trinajstić information content (AvgIpc) is 2.23. The van der Waals surface area contributed by atoms with E-state index in [0.717, 1.165) is 12.1 Å². The van der Waals surface area contributed by atoms with Crippen LogP contribution in [0.25, 0.3) is 0 Å². The Hall–Kier alpha value is 0.310. The van der Waals surface area contributed by atoms with Gasteiger partial charge in [-0.2, -0.15) is 12.6 Å². The Bertz CT molecular complexity index is 130. The summed E-state index contributed by atoms with van der Waals surface area (Å²) in [5, 5.41) is 0.479. The third-order valence-corrected chi connectivity index (χ3v) is 3.45. The summed E-state index contributed by atoms with van der Waals surface area (Å²) < 4.78 is 0. The summed E-state index contributed by atoms with van der Waals surface area (Å²) >= 11 is 4.53. The van der Waals surface area contributed by atoms with Gasteiger partial charge in [0.15, 0.2) is 0 Å². The summed E-state index contributed by atoms with van der Waals surface area (Å²) in [5.41, 5.74) is 0. The molecule has 2 bridgehead atoms. The minimum absolute atomic E-state index is 0.479. The molecule has 2 aliphatic rings. The van der Waals surface area contributed by atoms with Crippen LogP contribution in [0.3, 0.4) is 0 Å². The first-order valence-electron chi connectivity index (χ1n) is 4.74. The first kappa shape index (κ1) is 7.93. The molecule has 0 aromatic carbocycles. The maximum Gasteiger partial charge on any atom is 0.0504 e. The molecule has 2 aliphatic heterocycles. The van der Waals surface area contributed by atoms with Gasteiger partial charge in [-0.15, -0.1) is 0 Å². The van der Waals surface area contributed by atoms with E-state index < -0.39 is 0 Å². The summed E-state index contributed by atoms with van der Waals surface area (Å²) in [6.07, 6.45) is 7.14. The zero-order chi connectivity index (χ0) is 7.84. The van der Waals surface area contributed by atoms with E-state index in [1.165, 1.54) is 32.1 Å². The quantitative estimate of drug-likeness (QED) is 0.592. The van der Waals surface area contributed by atoms with Crippen LogP contribution in [0, 0.1) is 0 Å². The molecule has 0 aliphatic carbocycles. The second-order valence-electron chi connectivity index (χ2n) is 3.89. The summed E-state index contributed by atoms with van der Waals surface area (Å²) in [4.78, 5) is 2.62. The molecule has 0 radical (unpaired) electrons. The average molecular weight is 171 g/mol. The van der Waals surface area contributed by atoms with Crippen molar-refractivity contribution in [2.45, 2.75) is 56.5 Å². The van der Waals surface area contributed by atoms with Crippen LogP contribution in [0.4, 0.5) is 0 Å². The van der Waals surface area contributed by atoms with Crippen LogP contribution in [0.5, 0.6) is 0 Å². The molecule has 2 saturated heterocycles.